The summed E-state index contributed by atoms with van der Waals surface area (Å²) in [5.41, 5.74) is 13.1. The van der Waals surface area contributed by atoms with E-state index in [1.165, 1.54) is 5.39 Å². The first-order valence-electron chi connectivity index (χ1n) is 13.4. The number of benzene rings is 6. The van der Waals surface area contributed by atoms with Crippen LogP contribution in [0.3, 0.4) is 0 Å². The van der Waals surface area contributed by atoms with Gasteiger partial charge in [0, 0.05) is 38.2 Å². The van der Waals surface area contributed by atoms with E-state index in [2.05, 4.69) is 47.5 Å². The Morgan fingerprint density at radius 1 is 0.585 bits per heavy atom. The van der Waals surface area contributed by atoms with Gasteiger partial charge in [0.05, 0.1) is 0 Å². The smallest absolute Gasteiger partial charge is 0.154 e. The van der Waals surface area contributed by atoms with Gasteiger partial charge in [-0.3, -0.25) is 5.41 Å². The van der Waals surface area contributed by atoms with Gasteiger partial charge in [0.25, 0.3) is 0 Å². The number of hydrogen-bond acceptors (Lipinski definition) is 3. The van der Waals surface area contributed by atoms with Crippen LogP contribution in [-0.2, 0) is 0 Å². The largest absolute Gasteiger partial charge is 0.456 e. The van der Waals surface area contributed by atoms with Crippen molar-refractivity contribution in [3.8, 4) is 11.1 Å². The Morgan fingerprint density at radius 2 is 1.27 bits per heavy atom. The molecule has 41 heavy (non-hydrogen) atoms. The third-order valence-corrected chi connectivity index (χ3v) is 7.73. The second-order valence-electron chi connectivity index (χ2n) is 10.2. The molecule has 0 atom stereocenters. The van der Waals surface area contributed by atoms with Crippen molar-refractivity contribution in [3.63, 3.8) is 0 Å². The van der Waals surface area contributed by atoms with Crippen molar-refractivity contribution in [1.29, 1.82) is 5.41 Å². The van der Waals surface area contributed by atoms with Crippen LogP contribution in [0.1, 0.15) is 11.1 Å². The monoisotopic (exact) mass is 529 g/mol. The Labute approximate surface area is 234 Å². The number of amidine groups is 2. The first-order chi connectivity index (χ1) is 20.2. The van der Waals surface area contributed by atoms with E-state index in [0.29, 0.717) is 11.1 Å². The van der Waals surface area contributed by atoms with E-state index in [1.54, 1.807) is 0 Å². The SMILES string of the molecule is N=C(/N=C(\N)c1cccc2oc3c(-c4cccc5oc6cc7ccccc7cc6c45)cccc3c12)c1ccccc1. The average molecular weight is 530 g/mol. The number of para-hydroxylation sites is 1. The minimum atomic E-state index is 0.111. The minimum Gasteiger partial charge on any atom is -0.456 e. The van der Waals surface area contributed by atoms with Crippen LogP contribution in [0.15, 0.2) is 135 Å². The summed E-state index contributed by atoms with van der Waals surface area (Å²) in [6.07, 6.45) is 0. The van der Waals surface area contributed by atoms with Crippen molar-refractivity contribution in [1.82, 2.24) is 0 Å². The summed E-state index contributed by atoms with van der Waals surface area (Å²) >= 11 is 0. The van der Waals surface area contributed by atoms with E-state index in [1.807, 2.05) is 78.9 Å². The van der Waals surface area contributed by atoms with Crippen molar-refractivity contribution < 1.29 is 8.83 Å². The van der Waals surface area contributed by atoms with Crippen LogP contribution in [0.2, 0.25) is 0 Å². The fourth-order valence-electron chi connectivity index (χ4n) is 5.85. The molecule has 8 aromatic rings. The minimum absolute atomic E-state index is 0.111. The maximum atomic E-state index is 8.47. The zero-order chi connectivity index (χ0) is 27.5. The van der Waals surface area contributed by atoms with E-state index in [4.69, 9.17) is 20.0 Å². The average Bonchev–Trinajstić information content (AvgIpc) is 3.58. The topological polar surface area (TPSA) is 88.5 Å². The predicted molar refractivity (Wildman–Crippen MR) is 168 cm³/mol. The number of nitrogens with two attached hydrogens (primary N) is 1. The third kappa shape index (κ3) is 3.63. The van der Waals surface area contributed by atoms with Gasteiger partial charge < -0.3 is 14.6 Å². The van der Waals surface area contributed by atoms with Gasteiger partial charge in [0.2, 0.25) is 0 Å². The number of nitrogens with one attached hydrogen (secondary N) is 1. The zero-order valence-electron chi connectivity index (χ0n) is 21.9. The number of nitrogens with zero attached hydrogens (tertiary/aromatic N) is 1. The lowest BCUT2D eigenvalue weighted by molar-refractivity contribution is 0.669. The van der Waals surface area contributed by atoms with E-state index < -0.39 is 0 Å². The molecule has 2 aromatic heterocycles. The number of fused-ring (bicyclic) bond motifs is 7. The molecule has 0 aliphatic rings. The lowest BCUT2D eigenvalue weighted by atomic mass is 9.96. The van der Waals surface area contributed by atoms with E-state index in [9.17, 15) is 0 Å². The molecule has 0 saturated heterocycles. The molecular formula is C36H23N3O2. The number of hydrogen-bond donors (Lipinski definition) is 2. The summed E-state index contributed by atoms with van der Waals surface area (Å²) in [5.74, 6) is 0.381. The molecule has 0 aliphatic heterocycles. The molecule has 5 nitrogen and oxygen atoms in total. The van der Waals surface area contributed by atoms with Crippen LogP contribution in [0.4, 0.5) is 0 Å². The molecule has 2 heterocycles. The Kier molecular flexibility index (Phi) is 5.06. The second kappa shape index (κ2) is 8.93. The maximum Gasteiger partial charge on any atom is 0.154 e. The summed E-state index contributed by atoms with van der Waals surface area (Å²) < 4.78 is 12.9. The normalized spacial score (nSPS) is 12.2. The van der Waals surface area contributed by atoms with Gasteiger partial charge in [-0.15, -0.1) is 0 Å². The number of rotatable bonds is 3. The molecule has 194 valence electrons. The molecule has 0 aliphatic carbocycles. The summed E-state index contributed by atoms with van der Waals surface area (Å²) in [6, 6.07) is 40.1. The summed E-state index contributed by atoms with van der Waals surface area (Å²) in [7, 11) is 0. The van der Waals surface area contributed by atoms with Crippen molar-refractivity contribution in [3.05, 3.63) is 132 Å². The standard InChI is InChI=1S/C36H23N3O2/c37-35(21-9-2-1-3-10-21)39-36(38)27-16-8-18-30-33(27)26-15-6-14-25(34(26)41-30)24-13-7-17-29-32(24)28-19-22-11-4-5-12-23(22)20-31(28)40-29/h1-20H,(H3,37,38,39). The highest BCUT2D eigenvalue weighted by Gasteiger charge is 2.20. The van der Waals surface area contributed by atoms with Gasteiger partial charge in [-0.1, -0.05) is 97.1 Å². The molecule has 3 N–H and O–H groups in total. The van der Waals surface area contributed by atoms with Gasteiger partial charge in [-0.05, 0) is 40.6 Å². The van der Waals surface area contributed by atoms with Crippen molar-refractivity contribution in [2.45, 2.75) is 0 Å². The molecule has 6 aromatic carbocycles. The van der Waals surface area contributed by atoms with Crippen LogP contribution in [-0.4, -0.2) is 11.7 Å². The Hall–Kier alpha value is -5.68. The van der Waals surface area contributed by atoms with Crippen molar-refractivity contribution >= 4 is 66.3 Å². The molecule has 8 rings (SSSR count). The fraction of sp³-hybridized carbons (Fsp3) is 0. The van der Waals surface area contributed by atoms with Gasteiger partial charge in [0.15, 0.2) is 5.84 Å². The second-order valence-corrected chi connectivity index (χ2v) is 10.2. The lowest BCUT2D eigenvalue weighted by Gasteiger charge is -2.06. The quantitative estimate of drug-likeness (QED) is 0.177. The molecule has 0 spiro atoms. The maximum absolute atomic E-state index is 8.47. The van der Waals surface area contributed by atoms with E-state index in [-0.39, 0.29) is 11.7 Å². The number of furan rings is 2. The van der Waals surface area contributed by atoms with Crippen LogP contribution >= 0.6 is 0 Å². The molecule has 0 saturated carbocycles. The van der Waals surface area contributed by atoms with Gasteiger partial charge in [-0.2, -0.15) is 0 Å². The summed E-state index contributed by atoms with van der Waals surface area (Å²) in [5, 5.41) is 14.7. The highest BCUT2D eigenvalue weighted by Crippen LogP contribution is 2.42. The molecular weight excluding hydrogens is 506 g/mol. The Bertz CT molecular complexity index is 2340. The zero-order valence-corrected chi connectivity index (χ0v) is 21.9. The Balaban J connectivity index is 1.35. The summed E-state index contributed by atoms with van der Waals surface area (Å²) in [6.45, 7) is 0. The van der Waals surface area contributed by atoms with Crippen molar-refractivity contribution in [2.75, 3.05) is 0 Å². The van der Waals surface area contributed by atoms with Crippen molar-refractivity contribution in [2.24, 2.45) is 10.7 Å². The molecule has 0 amide bonds. The predicted octanol–water partition coefficient (Wildman–Crippen LogP) is 9.04. The van der Waals surface area contributed by atoms with Gasteiger partial charge >= 0.3 is 0 Å². The lowest BCUT2D eigenvalue weighted by Crippen LogP contribution is -2.16. The van der Waals surface area contributed by atoms with E-state index in [0.717, 1.165) is 60.4 Å². The number of aliphatic imine (C=N–C) groups is 1. The first kappa shape index (κ1) is 23.2. The molecule has 0 radical (unpaired) electrons. The van der Waals surface area contributed by atoms with Gasteiger partial charge in [-0.25, -0.2) is 4.99 Å². The third-order valence-electron chi connectivity index (χ3n) is 7.73. The van der Waals surface area contributed by atoms with Gasteiger partial charge in [0.1, 0.15) is 28.2 Å². The molecule has 0 bridgehead atoms. The van der Waals surface area contributed by atoms with Crippen LogP contribution in [0, 0.1) is 5.41 Å². The molecule has 5 heteroatoms. The summed E-state index contributed by atoms with van der Waals surface area (Å²) in [4.78, 5) is 4.45. The highest BCUT2D eigenvalue weighted by atomic mass is 16.3. The fourth-order valence-corrected chi connectivity index (χ4v) is 5.85. The van der Waals surface area contributed by atoms with Crippen LogP contribution in [0.25, 0.3) is 65.8 Å². The Morgan fingerprint density at radius 3 is 2.10 bits per heavy atom. The van der Waals surface area contributed by atoms with Crippen LogP contribution in [0.5, 0.6) is 0 Å². The first-order valence-corrected chi connectivity index (χ1v) is 13.4. The molecule has 0 fully saturated rings. The van der Waals surface area contributed by atoms with E-state index >= 15 is 0 Å². The molecule has 0 unspecified atom stereocenters. The van der Waals surface area contributed by atoms with Crippen LogP contribution < -0.4 is 5.73 Å². The highest BCUT2D eigenvalue weighted by molar-refractivity contribution is 6.23.